The van der Waals surface area contributed by atoms with Crippen LogP contribution < -0.4 is 5.32 Å². The van der Waals surface area contributed by atoms with Crippen LogP contribution in [0.4, 0.5) is 0 Å². The van der Waals surface area contributed by atoms with E-state index in [1.165, 1.54) is 17.6 Å². The number of rotatable bonds is 9. The van der Waals surface area contributed by atoms with Crippen LogP contribution in [0.5, 0.6) is 0 Å². The first-order chi connectivity index (χ1) is 16.0. The molecule has 3 heterocycles. The lowest BCUT2D eigenvalue weighted by Gasteiger charge is -2.33. The van der Waals surface area contributed by atoms with E-state index in [0.717, 1.165) is 18.8 Å². The van der Waals surface area contributed by atoms with Gasteiger partial charge in [-0.05, 0) is 35.6 Å². The highest BCUT2D eigenvalue weighted by molar-refractivity contribution is 7.71. The highest BCUT2D eigenvalue weighted by atomic mass is 32.1. The lowest BCUT2D eigenvalue weighted by Crippen LogP contribution is -2.56. The zero-order valence-electron chi connectivity index (χ0n) is 18.5. The van der Waals surface area contributed by atoms with Gasteiger partial charge in [0.25, 0.3) is 0 Å². The minimum atomic E-state index is -0.608. The van der Waals surface area contributed by atoms with E-state index in [0.29, 0.717) is 31.0 Å². The maximum Gasteiger partial charge on any atom is 0.307 e. The standard InChI is InChI=1S/C23H27N5O3S2/c1-31-21(29)15-19-22(30)24-10-12-26(19)16-28-23(32)27(11-9-17-6-3-2-4-7-17)20(25-28)14-18-8-5-13-33-18/h2-8,13,19H,9-12,14-16H2,1H3,(H,24,30). The number of carbonyl (C=O) groups excluding carboxylic acids is 2. The fourth-order valence-electron chi connectivity index (χ4n) is 3.95. The number of esters is 1. The van der Waals surface area contributed by atoms with Crippen LogP contribution in [0, 0.1) is 4.77 Å². The van der Waals surface area contributed by atoms with Crippen LogP contribution in [0.15, 0.2) is 47.8 Å². The second-order valence-corrected chi connectivity index (χ2v) is 9.28. The molecular formula is C23H27N5O3S2. The van der Waals surface area contributed by atoms with E-state index in [2.05, 4.69) is 33.5 Å². The number of nitrogens with one attached hydrogen (secondary N) is 1. The van der Waals surface area contributed by atoms with E-state index >= 15 is 0 Å². The van der Waals surface area contributed by atoms with Crippen molar-refractivity contribution < 1.29 is 14.3 Å². The Hall–Kier alpha value is -2.82. The van der Waals surface area contributed by atoms with Crippen LogP contribution in [0.1, 0.15) is 22.7 Å². The first kappa shape index (κ1) is 23.3. The Balaban J connectivity index is 1.59. The molecule has 8 nitrogen and oxygen atoms in total. The van der Waals surface area contributed by atoms with Gasteiger partial charge < -0.3 is 14.6 Å². The van der Waals surface area contributed by atoms with Gasteiger partial charge >= 0.3 is 5.97 Å². The van der Waals surface area contributed by atoms with E-state index in [1.807, 2.05) is 29.2 Å². The van der Waals surface area contributed by atoms with Gasteiger partial charge in [0, 0.05) is 30.9 Å². The van der Waals surface area contributed by atoms with Gasteiger partial charge in [-0.2, -0.15) is 5.10 Å². The predicted octanol–water partition coefficient (Wildman–Crippen LogP) is 2.63. The number of nitrogens with zero attached hydrogens (tertiary/aromatic N) is 4. The summed E-state index contributed by atoms with van der Waals surface area (Å²) in [6, 6.07) is 13.8. The molecule has 0 aliphatic carbocycles. The first-order valence-electron chi connectivity index (χ1n) is 10.9. The third kappa shape index (κ3) is 5.76. The number of aryl methyl sites for hydroxylation is 1. The van der Waals surface area contributed by atoms with Crippen molar-refractivity contribution in [3.63, 3.8) is 0 Å². The summed E-state index contributed by atoms with van der Waals surface area (Å²) in [6.07, 6.45) is 1.52. The average molecular weight is 486 g/mol. The molecule has 2 aromatic heterocycles. The molecule has 1 unspecified atom stereocenters. The second-order valence-electron chi connectivity index (χ2n) is 7.88. The quantitative estimate of drug-likeness (QED) is 0.371. The molecule has 1 saturated heterocycles. The normalized spacial score (nSPS) is 16.5. The predicted molar refractivity (Wildman–Crippen MR) is 128 cm³/mol. The molecule has 0 spiro atoms. The summed E-state index contributed by atoms with van der Waals surface area (Å²) in [5.74, 6) is 0.294. The molecule has 0 saturated carbocycles. The maximum atomic E-state index is 12.5. The van der Waals surface area contributed by atoms with Crippen LogP contribution in [0.25, 0.3) is 0 Å². The highest BCUT2D eigenvalue weighted by Crippen LogP contribution is 2.17. The van der Waals surface area contributed by atoms with Gasteiger partial charge in [0.1, 0.15) is 11.9 Å². The minimum Gasteiger partial charge on any atom is -0.469 e. The Morgan fingerprint density at radius 1 is 1.27 bits per heavy atom. The van der Waals surface area contributed by atoms with Crippen molar-refractivity contribution in [2.45, 2.75) is 38.5 Å². The Morgan fingerprint density at radius 2 is 2.09 bits per heavy atom. The number of aromatic nitrogens is 3. The van der Waals surface area contributed by atoms with Gasteiger partial charge in [-0.15, -0.1) is 11.3 Å². The Morgan fingerprint density at radius 3 is 2.82 bits per heavy atom. The molecule has 0 bridgehead atoms. The van der Waals surface area contributed by atoms with Crippen LogP contribution in [0.2, 0.25) is 0 Å². The zero-order valence-corrected chi connectivity index (χ0v) is 20.1. The molecule has 1 aromatic carbocycles. The zero-order chi connectivity index (χ0) is 23.2. The summed E-state index contributed by atoms with van der Waals surface area (Å²) in [4.78, 5) is 27.5. The number of hydrogen-bond donors (Lipinski definition) is 1. The van der Waals surface area contributed by atoms with Crippen molar-refractivity contribution in [2.75, 3.05) is 20.2 Å². The van der Waals surface area contributed by atoms with Crippen molar-refractivity contribution in [1.82, 2.24) is 24.6 Å². The van der Waals surface area contributed by atoms with Crippen molar-refractivity contribution in [3.05, 3.63) is 68.9 Å². The average Bonchev–Trinajstić information content (AvgIpc) is 3.43. The van der Waals surface area contributed by atoms with Crippen molar-refractivity contribution >= 4 is 35.4 Å². The summed E-state index contributed by atoms with van der Waals surface area (Å²) >= 11 is 7.51. The number of methoxy groups -OCH3 is 1. The molecule has 10 heteroatoms. The number of hydrogen-bond acceptors (Lipinski definition) is 7. The van der Waals surface area contributed by atoms with Gasteiger partial charge in [0.05, 0.1) is 20.2 Å². The van der Waals surface area contributed by atoms with Crippen LogP contribution in [-0.2, 0) is 40.4 Å². The molecule has 33 heavy (non-hydrogen) atoms. The van der Waals surface area contributed by atoms with Crippen LogP contribution in [-0.4, -0.2) is 57.4 Å². The summed E-state index contributed by atoms with van der Waals surface area (Å²) in [6.45, 7) is 2.17. The maximum absolute atomic E-state index is 12.5. The van der Waals surface area contributed by atoms with E-state index in [-0.39, 0.29) is 12.3 Å². The van der Waals surface area contributed by atoms with Gasteiger partial charge in [-0.25, -0.2) is 4.68 Å². The number of carbonyl (C=O) groups is 2. The molecule has 1 amide bonds. The lowest BCUT2D eigenvalue weighted by molar-refractivity contribution is -0.146. The number of amides is 1. The fraction of sp³-hybridized carbons (Fsp3) is 0.391. The Bertz CT molecular complexity index is 1140. The molecule has 0 radical (unpaired) electrons. The third-order valence-electron chi connectivity index (χ3n) is 5.72. The summed E-state index contributed by atoms with van der Waals surface area (Å²) in [5, 5.41) is 9.73. The van der Waals surface area contributed by atoms with Crippen molar-refractivity contribution in [1.29, 1.82) is 0 Å². The van der Waals surface area contributed by atoms with Crippen molar-refractivity contribution in [2.24, 2.45) is 0 Å². The molecule has 4 rings (SSSR count). The molecular weight excluding hydrogens is 458 g/mol. The van der Waals surface area contributed by atoms with E-state index in [9.17, 15) is 9.59 Å². The smallest absolute Gasteiger partial charge is 0.307 e. The number of piperazine rings is 1. The molecule has 1 aliphatic rings. The fourth-order valence-corrected chi connectivity index (χ4v) is 4.95. The topological polar surface area (TPSA) is 81.4 Å². The summed E-state index contributed by atoms with van der Waals surface area (Å²) in [5.41, 5.74) is 1.24. The Labute approximate surface area is 201 Å². The molecule has 1 N–H and O–H groups in total. The van der Waals surface area contributed by atoms with Gasteiger partial charge in [-0.3, -0.25) is 14.5 Å². The summed E-state index contributed by atoms with van der Waals surface area (Å²) in [7, 11) is 1.33. The molecule has 1 atom stereocenters. The molecule has 3 aromatic rings. The molecule has 174 valence electrons. The van der Waals surface area contributed by atoms with E-state index in [1.54, 1.807) is 16.0 Å². The SMILES string of the molecule is COC(=O)CC1C(=O)NCCN1Cn1nc(Cc2cccs2)n(CCc2ccccc2)c1=S. The second kappa shape index (κ2) is 10.9. The molecule has 1 fully saturated rings. The number of thiophene rings is 1. The Kier molecular flexibility index (Phi) is 7.69. The first-order valence-corrected chi connectivity index (χ1v) is 12.2. The van der Waals surface area contributed by atoms with Crippen LogP contribution in [0.3, 0.4) is 0 Å². The number of benzene rings is 1. The van der Waals surface area contributed by atoms with E-state index < -0.39 is 12.0 Å². The van der Waals surface area contributed by atoms with Gasteiger partial charge in [-0.1, -0.05) is 36.4 Å². The monoisotopic (exact) mass is 485 g/mol. The van der Waals surface area contributed by atoms with Crippen LogP contribution >= 0.6 is 23.6 Å². The molecule has 1 aliphatic heterocycles. The van der Waals surface area contributed by atoms with Crippen molar-refractivity contribution in [3.8, 4) is 0 Å². The van der Waals surface area contributed by atoms with E-state index in [4.69, 9.17) is 22.1 Å². The largest absolute Gasteiger partial charge is 0.469 e. The highest BCUT2D eigenvalue weighted by Gasteiger charge is 2.32. The number of ether oxygens (including phenoxy) is 1. The minimum absolute atomic E-state index is 0.00752. The third-order valence-corrected chi connectivity index (χ3v) is 7.03. The van der Waals surface area contributed by atoms with Gasteiger partial charge in [0.2, 0.25) is 5.91 Å². The lowest BCUT2D eigenvalue weighted by atomic mass is 10.1. The summed E-state index contributed by atoms with van der Waals surface area (Å²) < 4.78 is 9.25. The van der Waals surface area contributed by atoms with Gasteiger partial charge in [0.15, 0.2) is 4.77 Å².